The average Bonchev–Trinajstić information content (AvgIpc) is 3.15. The topological polar surface area (TPSA) is 0 Å². The zero-order chi connectivity index (χ0) is 16.5. The third-order valence-corrected chi connectivity index (χ3v) is 7.42. The molecule has 0 atom stereocenters. The van der Waals surface area contributed by atoms with Gasteiger partial charge in [-0.3, -0.25) is 0 Å². The maximum atomic E-state index is 3.79. The highest BCUT2D eigenvalue weighted by atomic mass is 79.9. The van der Waals surface area contributed by atoms with Gasteiger partial charge < -0.3 is 0 Å². The first-order chi connectivity index (χ1) is 11.3. The van der Waals surface area contributed by atoms with Crippen LogP contribution in [0, 0.1) is 0 Å². The van der Waals surface area contributed by atoms with Crippen molar-refractivity contribution in [2.24, 2.45) is 0 Å². The molecular weight excluding hydrogens is 384 g/mol. The van der Waals surface area contributed by atoms with E-state index >= 15 is 0 Å². The molecule has 2 aromatic rings. The van der Waals surface area contributed by atoms with Gasteiger partial charge in [-0.1, -0.05) is 52.4 Å². The summed E-state index contributed by atoms with van der Waals surface area (Å²) in [6, 6.07) is 4.77. The summed E-state index contributed by atoms with van der Waals surface area (Å²) in [4.78, 5) is 2.97. The summed E-state index contributed by atoms with van der Waals surface area (Å²) >= 11 is 7.62. The van der Waals surface area contributed by atoms with E-state index in [-0.39, 0.29) is 0 Å². The zero-order valence-electron chi connectivity index (χ0n) is 14.5. The normalized spacial score (nSPS) is 11.3. The van der Waals surface area contributed by atoms with Gasteiger partial charge in [-0.05, 0) is 70.3 Å². The van der Waals surface area contributed by atoms with Crippen LogP contribution in [0.25, 0.3) is 9.75 Å². The van der Waals surface area contributed by atoms with Crippen LogP contribution in [-0.4, -0.2) is 0 Å². The Kier molecular flexibility index (Phi) is 8.92. The van der Waals surface area contributed by atoms with Crippen molar-refractivity contribution >= 4 is 38.6 Å². The second-order valence-electron chi connectivity index (χ2n) is 6.31. The third-order valence-electron chi connectivity index (χ3n) is 4.33. The van der Waals surface area contributed by atoms with E-state index in [1.54, 1.807) is 5.56 Å². The molecule has 2 rings (SSSR count). The number of hydrogen-bond donors (Lipinski definition) is 0. The third kappa shape index (κ3) is 6.03. The van der Waals surface area contributed by atoms with Crippen LogP contribution >= 0.6 is 38.6 Å². The number of halogens is 1. The van der Waals surface area contributed by atoms with Crippen LogP contribution < -0.4 is 0 Å². The molecule has 0 amide bonds. The van der Waals surface area contributed by atoms with Gasteiger partial charge in [0, 0.05) is 9.75 Å². The first-order valence-corrected chi connectivity index (χ1v) is 11.6. The van der Waals surface area contributed by atoms with Gasteiger partial charge in [-0.2, -0.15) is 0 Å². The largest absolute Gasteiger partial charge is 0.143 e. The number of unbranched alkanes of at least 4 members (excludes halogenated alkanes) is 6. The van der Waals surface area contributed by atoms with Gasteiger partial charge in [0.05, 0.1) is 3.79 Å². The fourth-order valence-electron chi connectivity index (χ4n) is 2.92. The molecule has 3 heteroatoms. The Balaban J connectivity index is 1.97. The molecule has 2 aromatic heterocycles. The first-order valence-electron chi connectivity index (χ1n) is 9.11. The van der Waals surface area contributed by atoms with Crippen molar-refractivity contribution < 1.29 is 0 Å². The van der Waals surface area contributed by atoms with E-state index < -0.39 is 0 Å². The molecule has 128 valence electrons. The van der Waals surface area contributed by atoms with E-state index in [1.807, 2.05) is 22.7 Å². The summed E-state index contributed by atoms with van der Waals surface area (Å²) in [6.45, 7) is 4.55. The molecule has 0 aromatic carbocycles. The summed E-state index contributed by atoms with van der Waals surface area (Å²) in [5.41, 5.74) is 3.06. The van der Waals surface area contributed by atoms with E-state index in [0.717, 1.165) is 0 Å². The molecule has 0 bridgehead atoms. The van der Waals surface area contributed by atoms with Crippen molar-refractivity contribution in [2.75, 3.05) is 0 Å². The molecule has 0 radical (unpaired) electrons. The fraction of sp³-hybridized carbons (Fsp3) is 0.600. The summed E-state index contributed by atoms with van der Waals surface area (Å²) in [5, 5.41) is 2.26. The predicted octanol–water partition coefficient (Wildman–Crippen LogP) is 8.48. The van der Waals surface area contributed by atoms with Crippen molar-refractivity contribution in [1.29, 1.82) is 0 Å². The van der Waals surface area contributed by atoms with E-state index in [4.69, 9.17) is 0 Å². The average molecular weight is 413 g/mol. The smallest absolute Gasteiger partial charge is 0.0737 e. The van der Waals surface area contributed by atoms with Crippen LogP contribution in [0.5, 0.6) is 0 Å². The highest BCUT2D eigenvalue weighted by Crippen LogP contribution is 2.40. The minimum Gasteiger partial charge on any atom is -0.143 e. The van der Waals surface area contributed by atoms with Crippen LogP contribution in [0.3, 0.4) is 0 Å². The standard InChI is InChI=1S/C20H29BrS2/c1-3-5-7-9-11-16-13-14-22-19(16)18-15-17(20(21)23-18)12-10-8-6-4-2/h13-15H,3-12H2,1-2H3. The van der Waals surface area contributed by atoms with Crippen LogP contribution in [0.2, 0.25) is 0 Å². The predicted molar refractivity (Wildman–Crippen MR) is 111 cm³/mol. The van der Waals surface area contributed by atoms with Gasteiger partial charge in [-0.25, -0.2) is 0 Å². The first kappa shape index (κ1) is 19.2. The van der Waals surface area contributed by atoms with Crippen LogP contribution in [0.1, 0.15) is 76.3 Å². The highest BCUT2D eigenvalue weighted by Gasteiger charge is 2.13. The van der Waals surface area contributed by atoms with E-state index in [9.17, 15) is 0 Å². The quantitative estimate of drug-likeness (QED) is 0.324. The van der Waals surface area contributed by atoms with Gasteiger partial charge in [0.15, 0.2) is 0 Å². The van der Waals surface area contributed by atoms with Crippen molar-refractivity contribution in [1.82, 2.24) is 0 Å². The van der Waals surface area contributed by atoms with E-state index in [2.05, 4.69) is 47.3 Å². The number of aryl methyl sites for hydroxylation is 2. The Labute approximate surface area is 158 Å². The van der Waals surface area contributed by atoms with Gasteiger partial charge in [-0.15, -0.1) is 22.7 Å². The minimum atomic E-state index is 1.22. The lowest BCUT2D eigenvalue weighted by Crippen LogP contribution is -1.85. The molecule has 0 unspecified atom stereocenters. The van der Waals surface area contributed by atoms with Crippen LogP contribution in [-0.2, 0) is 12.8 Å². The van der Waals surface area contributed by atoms with Crippen LogP contribution in [0.15, 0.2) is 21.3 Å². The maximum absolute atomic E-state index is 3.79. The van der Waals surface area contributed by atoms with E-state index in [1.165, 1.54) is 83.3 Å². The molecule has 0 nitrogen and oxygen atoms in total. The summed E-state index contributed by atoms with van der Waals surface area (Å²) < 4.78 is 1.34. The van der Waals surface area contributed by atoms with Gasteiger partial charge >= 0.3 is 0 Å². The molecule has 0 saturated carbocycles. The lowest BCUT2D eigenvalue weighted by molar-refractivity contribution is 0.667. The highest BCUT2D eigenvalue weighted by molar-refractivity contribution is 9.11. The van der Waals surface area contributed by atoms with Gasteiger partial charge in [0.25, 0.3) is 0 Å². The Morgan fingerprint density at radius 1 is 0.870 bits per heavy atom. The molecule has 23 heavy (non-hydrogen) atoms. The summed E-state index contributed by atoms with van der Waals surface area (Å²) in [5.74, 6) is 0. The van der Waals surface area contributed by atoms with Crippen LogP contribution in [0.4, 0.5) is 0 Å². The number of thiophene rings is 2. The Morgan fingerprint density at radius 3 is 2.17 bits per heavy atom. The molecule has 0 N–H and O–H groups in total. The van der Waals surface area contributed by atoms with Crippen molar-refractivity contribution in [3.8, 4) is 9.75 Å². The lowest BCUT2D eigenvalue weighted by atomic mass is 10.1. The molecular formula is C20H29BrS2. The zero-order valence-corrected chi connectivity index (χ0v) is 17.7. The molecule has 0 aliphatic carbocycles. The van der Waals surface area contributed by atoms with E-state index in [0.29, 0.717) is 0 Å². The van der Waals surface area contributed by atoms with Crippen molar-refractivity contribution in [2.45, 2.75) is 78.1 Å². The molecule has 0 saturated heterocycles. The molecule has 0 aliphatic rings. The monoisotopic (exact) mass is 412 g/mol. The maximum Gasteiger partial charge on any atom is 0.0737 e. The van der Waals surface area contributed by atoms with Gasteiger partial charge in [0.1, 0.15) is 0 Å². The number of hydrogen-bond acceptors (Lipinski definition) is 2. The molecule has 0 fully saturated rings. The molecule has 2 heterocycles. The SMILES string of the molecule is CCCCCCc1cc(-c2sccc2CCCCCC)sc1Br. The summed E-state index contributed by atoms with van der Waals surface area (Å²) in [6.07, 6.45) is 13.2. The fourth-order valence-corrected chi connectivity index (χ4v) is 5.80. The Morgan fingerprint density at radius 2 is 1.52 bits per heavy atom. The van der Waals surface area contributed by atoms with Gasteiger partial charge in [0.2, 0.25) is 0 Å². The Bertz CT molecular complexity index is 568. The lowest BCUT2D eigenvalue weighted by Gasteiger charge is -2.02. The Hall–Kier alpha value is -0.120. The number of rotatable bonds is 11. The van der Waals surface area contributed by atoms with Crippen molar-refractivity contribution in [3.05, 3.63) is 32.4 Å². The molecule has 0 spiro atoms. The molecule has 0 aliphatic heterocycles. The minimum absolute atomic E-state index is 1.22. The second-order valence-corrected chi connectivity index (χ2v) is 9.59. The summed E-state index contributed by atoms with van der Waals surface area (Å²) in [7, 11) is 0. The second kappa shape index (κ2) is 10.7. The van der Waals surface area contributed by atoms with Crippen molar-refractivity contribution in [3.63, 3.8) is 0 Å².